The molecule has 0 bridgehead atoms. The van der Waals surface area contributed by atoms with Gasteiger partial charge in [0.15, 0.2) is 6.61 Å². The van der Waals surface area contributed by atoms with Crippen molar-refractivity contribution < 1.29 is 23.0 Å². The fourth-order valence-electron chi connectivity index (χ4n) is 2.95. The fraction of sp³-hybridized carbons (Fsp3) is 0.200. The van der Waals surface area contributed by atoms with E-state index >= 15 is 0 Å². The van der Waals surface area contributed by atoms with Crippen molar-refractivity contribution in [1.82, 2.24) is 4.98 Å². The summed E-state index contributed by atoms with van der Waals surface area (Å²) in [5.74, 6) is -1.50. The van der Waals surface area contributed by atoms with E-state index in [1.54, 1.807) is 6.92 Å². The molecule has 0 amide bonds. The lowest BCUT2D eigenvalue weighted by molar-refractivity contribution is -0.142. The Morgan fingerprint density at radius 2 is 1.96 bits per heavy atom. The van der Waals surface area contributed by atoms with Crippen molar-refractivity contribution in [3.05, 3.63) is 74.0 Å². The maximum absolute atomic E-state index is 14.3. The highest BCUT2D eigenvalue weighted by Gasteiger charge is 2.18. The van der Waals surface area contributed by atoms with Gasteiger partial charge < -0.3 is 14.5 Å². The smallest absolute Gasteiger partial charge is 0.343 e. The number of rotatable bonds is 5. The number of hydrogen-bond donors (Lipinski definition) is 1. The number of aryl methyl sites for hydroxylation is 1. The number of halogens is 3. The number of H-pyrrole nitrogens is 1. The Bertz CT molecular complexity index is 1130. The fourth-order valence-corrected chi connectivity index (χ4v) is 3.18. The van der Waals surface area contributed by atoms with Crippen molar-refractivity contribution in [2.75, 3.05) is 13.7 Å². The van der Waals surface area contributed by atoms with Crippen molar-refractivity contribution >= 4 is 28.5 Å². The number of carbonyl (C=O) groups is 1. The summed E-state index contributed by atoms with van der Waals surface area (Å²) < 4.78 is 37.6. The second-order valence-electron chi connectivity index (χ2n) is 6.13. The van der Waals surface area contributed by atoms with Crippen LogP contribution in [0.2, 0.25) is 5.02 Å². The van der Waals surface area contributed by atoms with Crippen LogP contribution in [0, 0.1) is 18.6 Å². The number of esters is 1. The number of fused-ring (bicyclic) bond motifs is 1. The molecule has 0 fully saturated rings. The van der Waals surface area contributed by atoms with E-state index in [9.17, 15) is 18.4 Å². The molecular weight excluding hydrogens is 392 g/mol. The van der Waals surface area contributed by atoms with E-state index in [4.69, 9.17) is 16.3 Å². The van der Waals surface area contributed by atoms with E-state index in [0.717, 1.165) is 12.1 Å². The third kappa shape index (κ3) is 3.84. The van der Waals surface area contributed by atoms with Crippen LogP contribution in [-0.4, -0.2) is 24.7 Å². The number of ether oxygens (including phenoxy) is 2. The molecule has 1 aromatic heterocycles. The maximum Gasteiger partial charge on any atom is 0.343 e. The minimum Gasteiger partial charge on any atom is -0.481 e. The summed E-state index contributed by atoms with van der Waals surface area (Å²) in [4.78, 5) is 26.5. The monoisotopic (exact) mass is 407 g/mol. The molecule has 3 aromatic rings. The standard InChI is InChI=1S/C20H16ClF2NO4/c1-10-13(7-11-3-4-12(22)8-14(11)21)20(26)24-19-15(23)5-6-16(18(10)19)28-9-17(25)27-2/h3-6,8H,7,9H2,1-2H3,(H,24,26). The minimum absolute atomic E-state index is 0.0289. The second-order valence-corrected chi connectivity index (χ2v) is 6.54. The van der Waals surface area contributed by atoms with E-state index < -0.39 is 23.2 Å². The van der Waals surface area contributed by atoms with E-state index in [-0.39, 0.29) is 29.3 Å². The molecule has 3 rings (SSSR count). The van der Waals surface area contributed by atoms with Gasteiger partial charge in [0.25, 0.3) is 5.56 Å². The molecule has 146 valence electrons. The van der Waals surface area contributed by atoms with Crippen molar-refractivity contribution in [2.24, 2.45) is 0 Å². The van der Waals surface area contributed by atoms with Crippen LogP contribution in [0.15, 0.2) is 35.1 Å². The summed E-state index contributed by atoms with van der Waals surface area (Å²) in [7, 11) is 1.22. The van der Waals surface area contributed by atoms with Gasteiger partial charge in [-0.1, -0.05) is 17.7 Å². The van der Waals surface area contributed by atoms with Crippen LogP contribution in [-0.2, 0) is 16.0 Å². The predicted molar refractivity (Wildman–Crippen MR) is 101 cm³/mol. The number of aromatic nitrogens is 1. The van der Waals surface area contributed by atoms with Gasteiger partial charge in [-0.05, 0) is 42.3 Å². The summed E-state index contributed by atoms with van der Waals surface area (Å²) in [6, 6.07) is 6.41. The number of hydrogen-bond acceptors (Lipinski definition) is 4. The lowest BCUT2D eigenvalue weighted by Gasteiger charge is -2.14. The molecule has 0 saturated carbocycles. The van der Waals surface area contributed by atoms with Crippen molar-refractivity contribution in [2.45, 2.75) is 13.3 Å². The molecule has 28 heavy (non-hydrogen) atoms. The predicted octanol–water partition coefficient (Wildman–Crippen LogP) is 3.91. The molecule has 0 unspecified atom stereocenters. The van der Waals surface area contributed by atoms with Crippen LogP contribution in [0.5, 0.6) is 5.75 Å². The van der Waals surface area contributed by atoms with E-state index in [1.165, 1.54) is 25.3 Å². The summed E-state index contributed by atoms with van der Waals surface area (Å²) in [5, 5.41) is 0.511. The first-order valence-corrected chi connectivity index (χ1v) is 8.67. The molecule has 1 heterocycles. The summed E-state index contributed by atoms with van der Waals surface area (Å²) in [6.07, 6.45) is 0.114. The Hall–Kier alpha value is -2.93. The number of aromatic amines is 1. The van der Waals surface area contributed by atoms with Gasteiger partial charge in [-0.15, -0.1) is 0 Å². The summed E-state index contributed by atoms with van der Waals surface area (Å²) in [5.41, 5.74) is 0.825. The zero-order valence-corrected chi connectivity index (χ0v) is 15.8. The van der Waals surface area contributed by atoms with Gasteiger partial charge in [-0.3, -0.25) is 4.79 Å². The van der Waals surface area contributed by atoms with Crippen molar-refractivity contribution in [3.8, 4) is 5.75 Å². The van der Waals surface area contributed by atoms with Crippen LogP contribution in [0.3, 0.4) is 0 Å². The molecule has 0 aliphatic carbocycles. The number of nitrogens with one attached hydrogen (secondary N) is 1. The Morgan fingerprint density at radius 1 is 1.21 bits per heavy atom. The first kappa shape index (κ1) is 19.8. The van der Waals surface area contributed by atoms with Gasteiger partial charge in [0, 0.05) is 22.4 Å². The first-order chi connectivity index (χ1) is 13.3. The van der Waals surface area contributed by atoms with Crippen LogP contribution >= 0.6 is 11.6 Å². The van der Waals surface area contributed by atoms with Crippen molar-refractivity contribution in [3.63, 3.8) is 0 Å². The number of pyridine rings is 1. The Kier molecular flexibility index (Phi) is 5.65. The molecule has 0 saturated heterocycles. The quantitative estimate of drug-likeness (QED) is 0.651. The molecule has 8 heteroatoms. The third-order valence-corrected chi connectivity index (χ3v) is 4.76. The Balaban J connectivity index is 2.13. The molecule has 1 N–H and O–H groups in total. The molecule has 0 radical (unpaired) electrons. The average molecular weight is 408 g/mol. The molecule has 0 aliphatic rings. The van der Waals surface area contributed by atoms with Crippen LogP contribution < -0.4 is 10.3 Å². The highest BCUT2D eigenvalue weighted by molar-refractivity contribution is 6.31. The molecule has 0 aliphatic heterocycles. The zero-order chi connectivity index (χ0) is 20.4. The van der Waals surface area contributed by atoms with Gasteiger partial charge in [-0.2, -0.15) is 0 Å². The van der Waals surface area contributed by atoms with E-state index in [0.29, 0.717) is 22.1 Å². The van der Waals surface area contributed by atoms with Crippen LogP contribution in [0.4, 0.5) is 8.78 Å². The molecule has 0 atom stereocenters. The van der Waals surface area contributed by atoms with Gasteiger partial charge in [0.2, 0.25) is 0 Å². The maximum atomic E-state index is 14.3. The highest BCUT2D eigenvalue weighted by atomic mass is 35.5. The number of carbonyl (C=O) groups excluding carboxylic acids is 1. The average Bonchev–Trinajstić information content (AvgIpc) is 2.66. The first-order valence-electron chi connectivity index (χ1n) is 8.29. The number of methoxy groups -OCH3 is 1. The third-order valence-electron chi connectivity index (χ3n) is 4.41. The van der Waals surface area contributed by atoms with Crippen LogP contribution in [0.1, 0.15) is 16.7 Å². The Labute approximate surface area is 163 Å². The SMILES string of the molecule is COC(=O)COc1ccc(F)c2[nH]c(=O)c(Cc3ccc(F)cc3Cl)c(C)c12. The Morgan fingerprint density at radius 3 is 2.64 bits per heavy atom. The molecule has 5 nitrogen and oxygen atoms in total. The molecule has 2 aromatic carbocycles. The van der Waals surface area contributed by atoms with Gasteiger partial charge in [0.1, 0.15) is 17.4 Å². The second kappa shape index (κ2) is 7.98. The zero-order valence-electron chi connectivity index (χ0n) is 15.1. The summed E-state index contributed by atoms with van der Waals surface area (Å²) in [6.45, 7) is 1.28. The summed E-state index contributed by atoms with van der Waals surface area (Å²) >= 11 is 6.07. The van der Waals surface area contributed by atoms with E-state index in [2.05, 4.69) is 9.72 Å². The van der Waals surface area contributed by atoms with Crippen molar-refractivity contribution in [1.29, 1.82) is 0 Å². The molecule has 0 spiro atoms. The normalized spacial score (nSPS) is 10.9. The lowest BCUT2D eigenvalue weighted by atomic mass is 9.98. The lowest BCUT2D eigenvalue weighted by Crippen LogP contribution is -2.17. The van der Waals surface area contributed by atoms with Gasteiger partial charge >= 0.3 is 5.97 Å². The molecular formula is C20H16ClF2NO4. The van der Waals surface area contributed by atoms with Crippen LogP contribution in [0.25, 0.3) is 10.9 Å². The topological polar surface area (TPSA) is 68.4 Å². The van der Waals surface area contributed by atoms with E-state index in [1.807, 2.05) is 0 Å². The minimum atomic E-state index is -0.632. The highest BCUT2D eigenvalue weighted by Crippen LogP contribution is 2.31. The van der Waals surface area contributed by atoms with Gasteiger partial charge in [-0.25, -0.2) is 13.6 Å². The number of benzene rings is 2. The van der Waals surface area contributed by atoms with Gasteiger partial charge in [0.05, 0.1) is 12.6 Å². The largest absolute Gasteiger partial charge is 0.481 e.